The first-order chi connectivity index (χ1) is 8.63. The van der Waals surface area contributed by atoms with E-state index in [9.17, 15) is 4.79 Å². The summed E-state index contributed by atoms with van der Waals surface area (Å²) in [4.78, 5) is 15.6. The molecule has 2 aromatic rings. The van der Waals surface area contributed by atoms with E-state index in [0.29, 0.717) is 11.4 Å². The van der Waals surface area contributed by atoms with Crippen LogP contribution in [0.15, 0.2) is 30.5 Å². The number of nitrogen functional groups attached to an aromatic ring is 1. The molecule has 0 saturated heterocycles. The Bertz CT molecular complexity index is 583. The van der Waals surface area contributed by atoms with Crippen molar-refractivity contribution in [2.45, 2.75) is 13.0 Å². The van der Waals surface area contributed by atoms with Gasteiger partial charge in [0.2, 0.25) is 0 Å². The van der Waals surface area contributed by atoms with Gasteiger partial charge >= 0.3 is 5.97 Å². The largest absolute Gasteiger partial charge is 0.467 e. The molecule has 1 unspecified atom stereocenters. The van der Waals surface area contributed by atoms with E-state index in [-0.39, 0.29) is 5.97 Å². The van der Waals surface area contributed by atoms with Crippen molar-refractivity contribution in [3.8, 4) is 0 Å². The number of nitrogens with two attached hydrogens (primary N) is 1. The number of methoxy groups -OCH3 is 1. The second-order valence-electron chi connectivity index (χ2n) is 3.99. The zero-order valence-electron chi connectivity index (χ0n) is 10.3. The van der Waals surface area contributed by atoms with E-state index in [0.717, 1.165) is 10.9 Å². The quantitative estimate of drug-likeness (QED) is 0.636. The first-order valence-electron chi connectivity index (χ1n) is 5.61. The lowest BCUT2D eigenvalue weighted by molar-refractivity contribution is -0.141. The molecule has 18 heavy (non-hydrogen) atoms. The maximum Gasteiger partial charge on any atom is 0.327 e. The number of benzene rings is 1. The SMILES string of the molecule is COC(=O)C(C)Nc1ccc2ncccc2c1N. The molecule has 2 rings (SSSR count). The molecule has 0 amide bonds. The fraction of sp³-hybridized carbons (Fsp3) is 0.231. The van der Waals surface area contributed by atoms with Gasteiger partial charge in [0.1, 0.15) is 6.04 Å². The molecule has 5 nitrogen and oxygen atoms in total. The van der Waals surface area contributed by atoms with Gasteiger partial charge in [0.15, 0.2) is 0 Å². The summed E-state index contributed by atoms with van der Waals surface area (Å²) in [5, 5.41) is 3.89. The summed E-state index contributed by atoms with van der Waals surface area (Å²) < 4.78 is 4.66. The number of esters is 1. The minimum atomic E-state index is -0.452. The van der Waals surface area contributed by atoms with Gasteiger partial charge in [-0.1, -0.05) is 0 Å². The van der Waals surface area contributed by atoms with Gasteiger partial charge in [-0.3, -0.25) is 4.98 Å². The maximum atomic E-state index is 11.4. The van der Waals surface area contributed by atoms with Crippen molar-refractivity contribution in [3.05, 3.63) is 30.5 Å². The number of anilines is 2. The van der Waals surface area contributed by atoms with E-state index in [1.807, 2.05) is 24.3 Å². The highest BCUT2D eigenvalue weighted by atomic mass is 16.5. The Morgan fingerprint density at radius 2 is 2.22 bits per heavy atom. The van der Waals surface area contributed by atoms with Crippen molar-refractivity contribution in [2.75, 3.05) is 18.2 Å². The van der Waals surface area contributed by atoms with Crippen LogP contribution < -0.4 is 11.1 Å². The van der Waals surface area contributed by atoms with Crippen molar-refractivity contribution in [1.82, 2.24) is 4.98 Å². The molecule has 0 saturated carbocycles. The summed E-state index contributed by atoms with van der Waals surface area (Å²) in [6.45, 7) is 1.72. The molecule has 0 aliphatic carbocycles. The van der Waals surface area contributed by atoms with Gasteiger partial charge in [-0.25, -0.2) is 4.79 Å². The number of rotatable bonds is 3. The van der Waals surface area contributed by atoms with Crippen LogP contribution in [0, 0.1) is 0 Å². The Labute approximate surface area is 105 Å². The van der Waals surface area contributed by atoms with Gasteiger partial charge in [0.25, 0.3) is 0 Å². The lowest BCUT2D eigenvalue weighted by atomic mass is 10.1. The van der Waals surface area contributed by atoms with Gasteiger partial charge in [-0.15, -0.1) is 0 Å². The highest BCUT2D eigenvalue weighted by Gasteiger charge is 2.14. The average Bonchev–Trinajstić information content (AvgIpc) is 2.41. The zero-order valence-corrected chi connectivity index (χ0v) is 10.3. The van der Waals surface area contributed by atoms with Gasteiger partial charge in [-0.2, -0.15) is 0 Å². The second-order valence-corrected chi connectivity index (χ2v) is 3.99. The summed E-state index contributed by atoms with van der Waals surface area (Å²) in [6, 6.07) is 6.94. The fourth-order valence-corrected chi connectivity index (χ4v) is 1.77. The maximum absolute atomic E-state index is 11.4. The van der Waals surface area contributed by atoms with Crippen molar-refractivity contribution < 1.29 is 9.53 Å². The molecule has 94 valence electrons. The second kappa shape index (κ2) is 4.91. The standard InChI is InChI=1S/C13H15N3O2/c1-8(13(17)18-2)16-11-6-5-10-9(12(11)14)4-3-7-15-10/h3-8,16H,14H2,1-2H3. The average molecular weight is 245 g/mol. The van der Waals surface area contributed by atoms with E-state index < -0.39 is 6.04 Å². The van der Waals surface area contributed by atoms with Crippen LogP contribution >= 0.6 is 0 Å². The number of aromatic nitrogens is 1. The number of hydrogen-bond donors (Lipinski definition) is 2. The highest BCUT2D eigenvalue weighted by molar-refractivity contribution is 5.97. The van der Waals surface area contributed by atoms with Crippen molar-refractivity contribution in [1.29, 1.82) is 0 Å². The highest BCUT2D eigenvalue weighted by Crippen LogP contribution is 2.27. The number of hydrogen-bond acceptors (Lipinski definition) is 5. The number of nitrogens with zero attached hydrogens (tertiary/aromatic N) is 1. The number of ether oxygens (including phenoxy) is 1. The molecule has 5 heteroatoms. The van der Waals surface area contributed by atoms with Gasteiger partial charge in [0, 0.05) is 11.6 Å². The van der Waals surface area contributed by atoms with Crippen molar-refractivity contribution >= 4 is 28.2 Å². The molecule has 0 aliphatic rings. The molecule has 0 fully saturated rings. The molecule has 0 aliphatic heterocycles. The minimum absolute atomic E-state index is 0.333. The van der Waals surface area contributed by atoms with E-state index in [4.69, 9.17) is 5.73 Å². The zero-order chi connectivity index (χ0) is 13.1. The number of nitrogens with one attached hydrogen (secondary N) is 1. The first-order valence-corrected chi connectivity index (χ1v) is 5.61. The summed E-state index contributed by atoms with van der Waals surface area (Å²) in [5.74, 6) is -0.333. The van der Waals surface area contributed by atoms with Crippen LogP contribution in [0.2, 0.25) is 0 Å². The number of pyridine rings is 1. The monoisotopic (exact) mass is 245 g/mol. The number of carbonyl (C=O) groups excluding carboxylic acids is 1. The van der Waals surface area contributed by atoms with Crippen LogP contribution in [0.4, 0.5) is 11.4 Å². The van der Waals surface area contributed by atoms with Crippen molar-refractivity contribution in [2.24, 2.45) is 0 Å². The Morgan fingerprint density at radius 1 is 1.44 bits per heavy atom. The van der Waals surface area contributed by atoms with Gasteiger partial charge in [-0.05, 0) is 31.2 Å². The van der Waals surface area contributed by atoms with Crippen molar-refractivity contribution in [3.63, 3.8) is 0 Å². The lowest BCUT2D eigenvalue weighted by Crippen LogP contribution is -2.27. The number of fused-ring (bicyclic) bond motifs is 1. The molecule has 0 radical (unpaired) electrons. The summed E-state index contributed by atoms with van der Waals surface area (Å²) in [5.41, 5.74) is 8.16. The summed E-state index contributed by atoms with van der Waals surface area (Å²) in [6.07, 6.45) is 1.71. The van der Waals surface area contributed by atoms with Crippen LogP contribution in [0.25, 0.3) is 10.9 Å². The molecule has 1 heterocycles. The summed E-state index contributed by atoms with van der Waals surface area (Å²) >= 11 is 0. The molecule has 1 aromatic heterocycles. The smallest absolute Gasteiger partial charge is 0.327 e. The van der Waals surface area contributed by atoms with Crippen LogP contribution in [-0.2, 0) is 9.53 Å². The van der Waals surface area contributed by atoms with Crippen LogP contribution in [0.1, 0.15) is 6.92 Å². The molecular weight excluding hydrogens is 230 g/mol. The molecule has 3 N–H and O–H groups in total. The van der Waals surface area contributed by atoms with E-state index in [2.05, 4.69) is 15.0 Å². The van der Waals surface area contributed by atoms with Crippen LogP contribution in [0.5, 0.6) is 0 Å². The minimum Gasteiger partial charge on any atom is -0.467 e. The lowest BCUT2D eigenvalue weighted by Gasteiger charge is -2.15. The molecule has 0 spiro atoms. The molecule has 1 aromatic carbocycles. The predicted octanol–water partition coefficient (Wildman–Crippen LogP) is 1.79. The third-order valence-corrected chi connectivity index (χ3v) is 2.75. The third kappa shape index (κ3) is 2.20. The van der Waals surface area contributed by atoms with E-state index in [1.54, 1.807) is 13.1 Å². The predicted molar refractivity (Wildman–Crippen MR) is 71.3 cm³/mol. The van der Waals surface area contributed by atoms with Gasteiger partial charge < -0.3 is 15.8 Å². The van der Waals surface area contributed by atoms with Gasteiger partial charge in [0.05, 0.1) is 24.0 Å². The third-order valence-electron chi connectivity index (χ3n) is 2.75. The Kier molecular flexibility index (Phi) is 3.32. The van der Waals surface area contributed by atoms with E-state index >= 15 is 0 Å². The van der Waals surface area contributed by atoms with E-state index in [1.165, 1.54) is 7.11 Å². The molecule has 1 atom stereocenters. The Balaban J connectivity index is 2.35. The fourth-order valence-electron chi connectivity index (χ4n) is 1.77. The molecular formula is C13H15N3O2. The molecule has 0 bridgehead atoms. The number of carbonyl (C=O) groups is 1. The topological polar surface area (TPSA) is 77.2 Å². The first kappa shape index (κ1) is 12.2. The normalized spacial score (nSPS) is 12.1. The Hall–Kier alpha value is -2.30. The van der Waals surface area contributed by atoms with Crippen LogP contribution in [0.3, 0.4) is 0 Å². The Morgan fingerprint density at radius 3 is 2.94 bits per heavy atom. The van der Waals surface area contributed by atoms with Crippen LogP contribution in [-0.4, -0.2) is 24.1 Å². The summed E-state index contributed by atoms with van der Waals surface area (Å²) in [7, 11) is 1.36.